The molecule has 3 rings (SSSR count). The van der Waals surface area contributed by atoms with Gasteiger partial charge in [0, 0.05) is 38.9 Å². The van der Waals surface area contributed by atoms with Gasteiger partial charge in [-0.3, -0.25) is 4.99 Å². The number of anilines is 1. The van der Waals surface area contributed by atoms with Crippen molar-refractivity contribution >= 4 is 35.8 Å². The van der Waals surface area contributed by atoms with Crippen molar-refractivity contribution in [3.05, 3.63) is 35.5 Å². The van der Waals surface area contributed by atoms with Gasteiger partial charge in [0.05, 0.1) is 18.7 Å². The number of pyridine rings is 1. The molecule has 0 spiro atoms. The van der Waals surface area contributed by atoms with Crippen molar-refractivity contribution in [3.63, 3.8) is 0 Å². The molecule has 2 aromatic heterocycles. The summed E-state index contributed by atoms with van der Waals surface area (Å²) >= 11 is 0. The average Bonchev–Trinajstić information content (AvgIpc) is 3.13. The van der Waals surface area contributed by atoms with Crippen LogP contribution in [0.4, 0.5) is 19.0 Å². The number of fused-ring (bicyclic) bond motifs is 1. The van der Waals surface area contributed by atoms with Crippen LogP contribution in [0.1, 0.15) is 30.6 Å². The summed E-state index contributed by atoms with van der Waals surface area (Å²) in [6, 6.07) is 2.38. The highest BCUT2D eigenvalue weighted by molar-refractivity contribution is 14.0. The Hall–Kier alpha value is -2.16. The first-order valence-electron chi connectivity index (χ1n) is 10.1. The first kappa shape index (κ1) is 26.1. The number of rotatable bonds is 8. The molecular formula is C19H28F3IN8O. The predicted octanol–water partition coefficient (Wildman–Crippen LogP) is 2.44. The zero-order valence-corrected chi connectivity index (χ0v) is 20.3. The fourth-order valence-electron chi connectivity index (χ4n) is 3.30. The summed E-state index contributed by atoms with van der Waals surface area (Å²) in [5.41, 5.74) is -0.789. The Labute approximate surface area is 201 Å². The number of aromatic nitrogens is 4. The molecule has 0 radical (unpaired) electrons. The minimum atomic E-state index is -4.46. The van der Waals surface area contributed by atoms with Gasteiger partial charge in [-0.05, 0) is 25.5 Å². The van der Waals surface area contributed by atoms with Gasteiger partial charge in [-0.1, -0.05) is 0 Å². The maximum absolute atomic E-state index is 13.1. The molecule has 0 aliphatic carbocycles. The molecule has 178 valence electrons. The molecule has 0 fully saturated rings. The van der Waals surface area contributed by atoms with Gasteiger partial charge < -0.3 is 20.7 Å². The van der Waals surface area contributed by atoms with E-state index in [4.69, 9.17) is 4.74 Å². The Bertz CT molecular complexity index is 890. The van der Waals surface area contributed by atoms with E-state index in [1.54, 1.807) is 7.11 Å². The highest BCUT2D eigenvalue weighted by Gasteiger charge is 2.33. The van der Waals surface area contributed by atoms with Crippen molar-refractivity contribution in [1.29, 1.82) is 0 Å². The van der Waals surface area contributed by atoms with Crippen molar-refractivity contribution in [2.45, 2.75) is 45.1 Å². The summed E-state index contributed by atoms with van der Waals surface area (Å²) in [6.45, 7) is 4.14. The van der Waals surface area contributed by atoms with Crippen LogP contribution in [0.3, 0.4) is 0 Å². The number of nitrogens with one attached hydrogen (secondary N) is 3. The van der Waals surface area contributed by atoms with Crippen molar-refractivity contribution in [3.8, 4) is 0 Å². The summed E-state index contributed by atoms with van der Waals surface area (Å²) in [7, 11) is 1.61. The fourth-order valence-corrected chi connectivity index (χ4v) is 3.30. The molecule has 32 heavy (non-hydrogen) atoms. The molecule has 1 unspecified atom stereocenters. The van der Waals surface area contributed by atoms with E-state index in [2.05, 4.69) is 36.0 Å². The molecule has 1 aliphatic heterocycles. The van der Waals surface area contributed by atoms with Crippen LogP contribution >= 0.6 is 24.0 Å². The third-order valence-electron chi connectivity index (χ3n) is 4.65. The van der Waals surface area contributed by atoms with Crippen LogP contribution < -0.4 is 16.0 Å². The van der Waals surface area contributed by atoms with Crippen LogP contribution in [0.2, 0.25) is 0 Å². The summed E-state index contributed by atoms with van der Waals surface area (Å²) in [4.78, 5) is 12.7. The SMILES string of the molecule is CCNC(=NCCNc1ncccc1C(F)(F)F)NC1CCc2nc(COC)nn2C1.I. The predicted molar refractivity (Wildman–Crippen MR) is 125 cm³/mol. The van der Waals surface area contributed by atoms with Gasteiger partial charge in [0.2, 0.25) is 0 Å². The molecule has 1 atom stereocenters. The topological polar surface area (TPSA) is 101 Å². The Balaban J connectivity index is 0.00000363. The van der Waals surface area contributed by atoms with Crippen LogP contribution in [0.5, 0.6) is 0 Å². The molecular weight excluding hydrogens is 540 g/mol. The number of aliphatic imine (C=N–C) groups is 1. The normalized spacial score (nSPS) is 16.2. The molecule has 0 amide bonds. The lowest BCUT2D eigenvalue weighted by Gasteiger charge is -2.25. The maximum atomic E-state index is 13.1. The van der Waals surface area contributed by atoms with E-state index in [9.17, 15) is 13.2 Å². The molecule has 0 saturated carbocycles. The summed E-state index contributed by atoms with van der Waals surface area (Å²) in [5, 5.41) is 13.7. The Morgan fingerprint density at radius 3 is 2.91 bits per heavy atom. The average molecular weight is 568 g/mol. The van der Waals surface area contributed by atoms with E-state index in [0.717, 1.165) is 24.7 Å². The van der Waals surface area contributed by atoms with E-state index >= 15 is 0 Å². The van der Waals surface area contributed by atoms with Crippen LogP contribution in [0, 0.1) is 0 Å². The Kier molecular flexibility index (Phi) is 9.93. The number of nitrogens with zero attached hydrogens (tertiary/aromatic N) is 5. The zero-order valence-electron chi connectivity index (χ0n) is 17.9. The monoisotopic (exact) mass is 568 g/mol. The van der Waals surface area contributed by atoms with Gasteiger partial charge in [0.25, 0.3) is 0 Å². The van der Waals surface area contributed by atoms with Gasteiger partial charge in [-0.25, -0.2) is 14.6 Å². The first-order valence-corrected chi connectivity index (χ1v) is 10.1. The second kappa shape index (κ2) is 12.2. The largest absolute Gasteiger partial charge is 0.419 e. The molecule has 0 aromatic carbocycles. The van der Waals surface area contributed by atoms with Crippen molar-refractivity contribution < 1.29 is 17.9 Å². The summed E-state index contributed by atoms with van der Waals surface area (Å²) in [5.74, 6) is 2.01. The van der Waals surface area contributed by atoms with E-state index < -0.39 is 11.7 Å². The van der Waals surface area contributed by atoms with Gasteiger partial charge in [0.15, 0.2) is 11.8 Å². The quantitative estimate of drug-likeness (QED) is 0.195. The van der Waals surface area contributed by atoms with Crippen LogP contribution in [-0.4, -0.2) is 58.5 Å². The number of guanidine groups is 1. The van der Waals surface area contributed by atoms with Crippen molar-refractivity contribution in [2.75, 3.05) is 32.1 Å². The number of hydrogen-bond donors (Lipinski definition) is 3. The first-order chi connectivity index (χ1) is 14.9. The number of methoxy groups -OCH3 is 1. The van der Waals surface area contributed by atoms with Crippen LogP contribution in [0.15, 0.2) is 23.3 Å². The maximum Gasteiger partial charge on any atom is 0.419 e. The fraction of sp³-hybridized carbons (Fsp3) is 0.579. The molecule has 0 bridgehead atoms. The van der Waals surface area contributed by atoms with E-state index in [1.807, 2.05) is 11.6 Å². The third-order valence-corrected chi connectivity index (χ3v) is 4.65. The number of halogens is 4. The van der Waals surface area contributed by atoms with Gasteiger partial charge in [-0.2, -0.15) is 18.3 Å². The number of alkyl halides is 3. The van der Waals surface area contributed by atoms with Gasteiger partial charge in [-0.15, -0.1) is 24.0 Å². The molecule has 0 saturated heterocycles. The second-order valence-electron chi connectivity index (χ2n) is 7.02. The van der Waals surface area contributed by atoms with E-state index in [0.29, 0.717) is 31.5 Å². The van der Waals surface area contributed by atoms with Gasteiger partial charge >= 0.3 is 6.18 Å². The minimum Gasteiger partial charge on any atom is -0.377 e. The lowest BCUT2D eigenvalue weighted by Crippen LogP contribution is -2.47. The molecule has 13 heteroatoms. The molecule has 9 nitrogen and oxygen atoms in total. The summed E-state index contributed by atoms with van der Waals surface area (Å²) < 4.78 is 46.1. The Morgan fingerprint density at radius 2 is 2.19 bits per heavy atom. The van der Waals surface area contributed by atoms with Crippen molar-refractivity contribution in [2.24, 2.45) is 4.99 Å². The lowest BCUT2D eigenvalue weighted by atomic mass is 10.1. The minimum absolute atomic E-state index is 0. The number of ether oxygens (including phenoxy) is 1. The van der Waals surface area contributed by atoms with E-state index in [-0.39, 0.29) is 48.9 Å². The highest BCUT2D eigenvalue weighted by Crippen LogP contribution is 2.33. The number of aryl methyl sites for hydroxylation is 1. The second-order valence-corrected chi connectivity index (χ2v) is 7.02. The molecule has 3 heterocycles. The van der Waals surface area contributed by atoms with E-state index in [1.165, 1.54) is 12.3 Å². The molecule has 2 aromatic rings. The van der Waals surface area contributed by atoms with Gasteiger partial charge in [0.1, 0.15) is 18.2 Å². The highest BCUT2D eigenvalue weighted by atomic mass is 127. The Morgan fingerprint density at radius 1 is 1.38 bits per heavy atom. The molecule has 1 aliphatic rings. The zero-order chi connectivity index (χ0) is 22.3. The third kappa shape index (κ3) is 7.18. The number of hydrogen-bond acceptors (Lipinski definition) is 6. The molecule has 3 N–H and O–H groups in total. The van der Waals surface area contributed by atoms with Crippen LogP contribution in [-0.2, 0) is 30.5 Å². The standard InChI is InChI=1S/C19H27F3N8O.HI/c1-3-23-18(26-10-9-25-17-14(19(20,21)22)5-4-8-24-17)27-13-6-7-16-28-15(12-31-2)29-30(16)11-13;/h4-5,8,13H,3,6-7,9-12H2,1-2H3,(H,24,25)(H2,23,26,27);1H. The van der Waals surface area contributed by atoms with Crippen LogP contribution in [0.25, 0.3) is 0 Å². The summed E-state index contributed by atoms with van der Waals surface area (Å²) in [6.07, 6.45) is -1.47. The smallest absolute Gasteiger partial charge is 0.377 e. The lowest BCUT2D eigenvalue weighted by molar-refractivity contribution is -0.137. The van der Waals surface area contributed by atoms with Crippen molar-refractivity contribution in [1.82, 2.24) is 30.4 Å².